The van der Waals surface area contributed by atoms with E-state index in [0.717, 1.165) is 5.54 Å². The Morgan fingerprint density at radius 2 is 1.00 bits per heavy atom. The summed E-state index contributed by atoms with van der Waals surface area (Å²) in [6.45, 7) is 7.51. The SMILES string of the molecule is C1CCCC1.C[Si](C)(C)C1CCCC1.[CH3-].[CH3-].[Cl][Zr+2][Cl]. The molecule has 0 aromatic rings. The van der Waals surface area contributed by atoms with Crippen LogP contribution in [0.3, 0.4) is 0 Å². The predicted octanol–water partition coefficient (Wildman–Crippen LogP) is 7.50. The summed E-state index contributed by atoms with van der Waals surface area (Å²) < 4.78 is 0. The first-order valence-electron chi connectivity index (χ1n) is 6.98. The summed E-state index contributed by atoms with van der Waals surface area (Å²) in [7, 11) is 9.14. The summed E-state index contributed by atoms with van der Waals surface area (Å²) in [5.74, 6) is 0. The second kappa shape index (κ2) is 16.1. The molecule has 0 spiro atoms. The minimum absolute atomic E-state index is 0. The molecule has 0 aromatic heterocycles. The molecule has 2 aliphatic carbocycles. The average Bonchev–Trinajstić information content (AvgIpc) is 2.95. The Hall–Kier alpha value is 1.68. The molecule has 0 amide bonds. The van der Waals surface area contributed by atoms with Crippen LogP contribution in [0.4, 0.5) is 0 Å². The van der Waals surface area contributed by atoms with E-state index in [1.54, 1.807) is 0 Å². The van der Waals surface area contributed by atoms with Crippen LogP contribution in [-0.4, -0.2) is 8.07 Å². The van der Waals surface area contributed by atoms with Crippen LogP contribution >= 0.6 is 17.0 Å². The van der Waals surface area contributed by atoms with E-state index < -0.39 is 28.9 Å². The molecular weight excluding hydrogens is 370 g/mol. The first-order chi connectivity index (χ1) is 8.02. The van der Waals surface area contributed by atoms with Gasteiger partial charge in [-0.25, -0.2) is 0 Å². The Morgan fingerprint density at radius 3 is 1.16 bits per heavy atom. The van der Waals surface area contributed by atoms with Gasteiger partial charge in [0.05, 0.1) is 0 Å². The van der Waals surface area contributed by atoms with Gasteiger partial charge in [0.15, 0.2) is 0 Å². The molecule has 0 unspecified atom stereocenters. The van der Waals surface area contributed by atoms with E-state index in [9.17, 15) is 0 Å². The van der Waals surface area contributed by atoms with Crippen molar-refractivity contribution in [2.24, 2.45) is 0 Å². The van der Waals surface area contributed by atoms with Crippen LogP contribution < -0.4 is 0 Å². The zero-order valence-corrected chi connectivity index (χ0v) is 18.7. The number of hydrogen-bond acceptors (Lipinski definition) is 0. The Balaban J connectivity index is -0.000000221. The quantitative estimate of drug-likeness (QED) is 0.313. The van der Waals surface area contributed by atoms with Gasteiger partial charge in [0.2, 0.25) is 0 Å². The van der Waals surface area contributed by atoms with E-state index in [0.29, 0.717) is 0 Å². The number of rotatable bonds is 1. The number of halogens is 2. The first-order valence-corrected chi connectivity index (χ1v) is 16.9. The molecular formula is C15H34Cl2SiZr. The fourth-order valence-electron chi connectivity index (χ4n) is 2.68. The summed E-state index contributed by atoms with van der Waals surface area (Å²) in [5, 5.41) is 0. The van der Waals surface area contributed by atoms with E-state index in [2.05, 4.69) is 19.6 Å². The molecule has 0 N–H and O–H groups in total. The third-order valence-electron chi connectivity index (χ3n) is 3.83. The second-order valence-corrected chi connectivity index (χ2v) is 15.5. The van der Waals surface area contributed by atoms with Crippen LogP contribution in [0, 0.1) is 14.9 Å². The molecule has 2 rings (SSSR count). The van der Waals surface area contributed by atoms with Crippen molar-refractivity contribution in [3.05, 3.63) is 14.9 Å². The fourth-order valence-corrected chi connectivity index (χ4v) is 4.82. The van der Waals surface area contributed by atoms with E-state index in [1.807, 2.05) is 0 Å². The monoisotopic (exact) mass is 402 g/mol. The van der Waals surface area contributed by atoms with Crippen molar-refractivity contribution >= 4 is 25.1 Å². The van der Waals surface area contributed by atoms with Crippen LogP contribution in [0.2, 0.25) is 25.2 Å². The second-order valence-electron chi connectivity index (χ2n) is 6.19. The third-order valence-corrected chi connectivity index (χ3v) is 6.86. The fraction of sp³-hybridized carbons (Fsp3) is 0.867. The molecule has 0 heterocycles. The van der Waals surface area contributed by atoms with Gasteiger partial charge in [-0.1, -0.05) is 77.4 Å². The van der Waals surface area contributed by atoms with Gasteiger partial charge >= 0.3 is 37.9 Å². The molecule has 19 heavy (non-hydrogen) atoms. The van der Waals surface area contributed by atoms with Gasteiger partial charge in [-0.2, -0.15) is 0 Å². The predicted molar refractivity (Wildman–Crippen MR) is 93.2 cm³/mol. The third kappa shape index (κ3) is 15.9. The van der Waals surface area contributed by atoms with Gasteiger partial charge in [0, 0.05) is 8.07 Å². The van der Waals surface area contributed by atoms with Crippen molar-refractivity contribution in [2.45, 2.75) is 83.0 Å². The molecule has 0 bridgehead atoms. The van der Waals surface area contributed by atoms with Crippen LogP contribution in [0.1, 0.15) is 57.8 Å². The van der Waals surface area contributed by atoms with Crippen molar-refractivity contribution in [1.29, 1.82) is 0 Å². The Labute approximate surface area is 143 Å². The van der Waals surface area contributed by atoms with Crippen LogP contribution in [0.25, 0.3) is 0 Å². The zero-order valence-electron chi connectivity index (χ0n) is 13.7. The van der Waals surface area contributed by atoms with E-state index in [4.69, 9.17) is 17.0 Å². The molecule has 0 radical (unpaired) electrons. The molecule has 0 saturated heterocycles. The number of hydrogen-bond donors (Lipinski definition) is 0. The van der Waals surface area contributed by atoms with Crippen LogP contribution in [0.15, 0.2) is 0 Å². The molecule has 0 nitrogen and oxygen atoms in total. The summed E-state index contributed by atoms with van der Waals surface area (Å²) in [5.41, 5.74) is 1.15. The molecule has 0 aromatic carbocycles. The molecule has 116 valence electrons. The molecule has 2 fully saturated rings. The van der Waals surface area contributed by atoms with Crippen molar-refractivity contribution in [1.82, 2.24) is 0 Å². The van der Waals surface area contributed by atoms with E-state index in [-0.39, 0.29) is 14.9 Å². The topological polar surface area (TPSA) is 0 Å². The first kappa shape index (κ1) is 25.6. The van der Waals surface area contributed by atoms with Crippen molar-refractivity contribution in [2.75, 3.05) is 0 Å². The van der Waals surface area contributed by atoms with E-state index in [1.165, 1.54) is 57.8 Å². The summed E-state index contributed by atoms with van der Waals surface area (Å²) in [4.78, 5) is 0. The minimum atomic E-state index is -0.826. The maximum absolute atomic E-state index is 4.93. The van der Waals surface area contributed by atoms with Crippen molar-refractivity contribution < 1.29 is 20.8 Å². The normalized spacial score (nSPS) is 17.7. The summed E-state index contributed by atoms with van der Waals surface area (Å²) in [6, 6.07) is 0. The van der Waals surface area contributed by atoms with Crippen LogP contribution in [0.5, 0.6) is 0 Å². The summed E-state index contributed by atoms with van der Waals surface area (Å²) >= 11 is -0.826. The molecule has 2 aliphatic rings. The molecule has 0 aliphatic heterocycles. The molecule has 2 saturated carbocycles. The van der Waals surface area contributed by atoms with Crippen LogP contribution in [-0.2, 0) is 20.8 Å². The maximum atomic E-state index is 4.93. The average molecular weight is 405 g/mol. The Morgan fingerprint density at radius 1 is 0.737 bits per heavy atom. The zero-order chi connectivity index (χ0) is 13.1. The van der Waals surface area contributed by atoms with Gasteiger partial charge in [-0.15, -0.1) is 0 Å². The molecule has 0 atom stereocenters. The standard InChI is InChI=1S/C8H18Si.C5H10.2CH3.2ClH.Zr/c1-9(2,3)8-6-4-5-7-8;1-2-4-5-3-1;;;;;/h8H,4-7H2,1-3H3;1-5H2;2*1H3;2*1H;/q;;2*-1;;;+4/p-2. The van der Waals surface area contributed by atoms with Gasteiger partial charge in [0.25, 0.3) is 0 Å². The summed E-state index contributed by atoms with van der Waals surface area (Å²) in [6.07, 6.45) is 13.6. The Kier molecular flexibility index (Phi) is 21.7. The van der Waals surface area contributed by atoms with E-state index >= 15 is 0 Å². The van der Waals surface area contributed by atoms with Crippen molar-refractivity contribution in [3.63, 3.8) is 0 Å². The van der Waals surface area contributed by atoms with Gasteiger partial charge < -0.3 is 14.9 Å². The van der Waals surface area contributed by atoms with Gasteiger partial charge in [-0.3, -0.25) is 0 Å². The Bertz CT molecular complexity index is 154. The molecule has 4 heteroatoms. The van der Waals surface area contributed by atoms with Gasteiger partial charge in [0.1, 0.15) is 0 Å². The van der Waals surface area contributed by atoms with Crippen molar-refractivity contribution in [3.8, 4) is 0 Å². The van der Waals surface area contributed by atoms with Gasteiger partial charge in [-0.05, 0) is 5.54 Å².